The van der Waals surface area contributed by atoms with Crippen molar-refractivity contribution in [3.63, 3.8) is 0 Å². The number of hydrogen-bond acceptors (Lipinski definition) is 4. The van der Waals surface area contributed by atoms with E-state index in [2.05, 4.69) is 15.4 Å². The van der Waals surface area contributed by atoms with Crippen molar-refractivity contribution in [2.75, 3.05) is 13.7 Å². The molecule has 0 aliphatic rings. The van der Waals surface area contributed by atoms with Crippen LogP contribution in [0, 0.1) is 13.8 Å². The molecule has 0 spiro atoms. The highest BCUT2D eigenvalue weighted by Crippen LogP contribution is 2.18. The van der Waals surface area contributed by atoms with Gasteiger partial charge in [0.25, 0.3) is 0 Å². The first-order valence-electron chi connectivity index (χ1n) is 8.95. The Morgan fingerprint density at radius 1 is 1.22 bits per heavy atom. The average molecular weight is 367 g/mol. The maximum Gasteiger partial charge on any atom is 0.224 e. The summed E-state index contributed by atoms with van der Waals surface area (Å²) in [6.45, 7) is 5.69. The molecule has 0 saturated carbocycles. The van der Waals surface area contributed by atoms with Crippen molar-refractivity contribution in [3.8, 4) is 5.69 Å². The summed E-state index contributed by atoms with van der Waals surface area (Å²) in [7, 11) is 1.67. The van der Waals surface area contributed by atoms with Crippen molar-refractivity contribution in [1.29, 1.82) is 0 Å². The van der Waals surface area contributed by atoms with Gasteiger partial charge in [0.2, 0.25) is 5.91 Å². The topological polar surface area (TPSA) is 74.0 Å². The molecule has 0 fully saturated rings. The minimum absolute atomic E-state index is 0.0340. The fourth-order valence-corrected chi connectivity index (χ4v) is 3.05. The van der Waals surface area contributed by atoms with Gasteiger partial charge in [0.1, 0.15) is 0 Å². The van der Waals surface area contributed by atoms with Crippen LogP contribution in [0.2, 0.25) is 0 Å². The summed E-state index contributed by atoms with van der Waals surface area (Å²) < 4.78 is 8.96. The number of para-hydroxylation sites is 1. The molecule has 3 rings (SSSR count). The van der Waals surface area contributed by atoms with E-state index in [-0.39, 0.29) is 5.91 Å². The number of carbonyl (C=O) groups is 1. The Balaban J connectivity index is 1.65. The van der Waals surface area contributed by atoms with Gasteiger partial charge in [-0.1, -0.05) is 18.2 Å². The molecule has 0 radical (unpaired) electrons. The van der Waals surface area contributed by atoms with Gasteiger partial charge in [-0.15, -0.1) is 0 Å². The van der Waals surface area contributed by atoms with Gasteiger partial charge in [0.15, 0.2) is 0 Å². The van der Waals surface area contributed by atoms with Crippen LogP contribution >= 0.6 is 0 Å². The number of aryl methyl sites for hydroxylation is 1. The van der Waals surface area contributed by atoms with E-state index in [1.807, 2.05) is 53.4 Å². The van der Waals surface area contributed by atoms with Crippen molar-refractivity contribution < 1.29 is 9.53 Å². The number of nitrogens with one attached hydrogen (secondary N) is 1. The molecule has 142 valence electrons. The van der Waals surface area contributed by atoms with Crippen LogP contribution in [-0.2, 0) is 29.0 Å². The van der Waals surface area contributed by atoms with Crippen LogP contribution in [0.1, 0.15) is 22.6 Å². The van der Waals surface area contributed by atoms with E-state index in [1.54, 1.807) is 19.6 Å². The zero-order chi connectivity index (χ0) is 19.2. The molecule has 0 aliphatic carbocycles. The number of aromatic nitrogens is 4. The molecule has 0 atom stereocenters. The normalized spacial score (nSPS) is 10.9. The molecular weight excluding hydrogens is 342 g/mol. The number of hydrogen-bond donors (Lipinski definition) is 1. The van der Waals surface area contributed by atoms with E-state index in [9.17, 15) is 4.79 Å². The fraction of sp³-hybridized carbons (Fsp3) is 0.350. The third-order valence-electron chi connectivity index (χ3n) is 4.58. The van der Waals surface area contributed by atoms with Gasteiger partial charge in [-0.3, -0.25) is 4.79 Å². The summed E-state index contributed by atoms with van der Waals surface area (Å²) >= 11 is 0. The molecule has 7 nitrogen and oxygen atoms in total. The van der Waals surface area contributed by atoms with E-state index in [1.165, 1.54) is 0 Å². The summed E-state index contributed by atoms with van der Waals surface area (Å²) in [5.74, 6) is -0.0340. The molecule has 1 aromatic carbocycles. The lowest BCUT2D eigenvalue weighted by atomic mass is 10.1. The largest absolute Gasteiger partial charge is 0.383 e. The summed E-state index contributed by atoms with van der Waals surface area (Å²) in [5.41, 5.74) is 4.76. The highest BCUT2D eigenvalue weighted by Gasteiger charge is 2.16. The number of benzene rings is 1. The van der Waals surface area contributed by atoms with Crippen LogP contribution in [0.25, 0.3) is 5.69 Å². The predicted octanol–water partition coefficient (Wildman–Crippen LogP) is 2.19. The van der Waals surface area contributed by atoms with Crippen LogP contribution in [0.5, 0.6) is 0 Å². The number of nitrogens with zero attached hydrogens (tertiary/aromatic N) is 4. The summed E-state index contributed by atoms with van der Waals surface area (Å²) in [5, 5.41) is 7.58. The molecule has 0 saturated heterocycles. The van der Waals surface area contributed by atoms with Crippen molar-refractivity contribution >= 4 is 5.91 Å². The van der Waals surface area contributed by atoms with E-state index < -0.39 is 0 Å². The van der Waals surface area contributed by atoms with Gasteiger partial charge in [-0.05, 0) is 26.0 Å². The molecule has 3 aromatic rings. The lowest BCUT2D eigenvalue weighted by molar-refractivity contribution is -0.120. The lowest BCUT2D eigenvalue weighted by Crippen LogP contribution is -2.26. The van der Waals surface area contributed by atoms with E-state index >= 15 is 0 Å². The SMILES string of the molecule is COCCn1cncc1CNC(=O)Cc1c(C)nn(-c2ccccc2)c1C. The third kappa shape index (κ3) is 4.43. The van der Waals surface area contributed by atoms with Gasteiger partial charge < -0.3 is 14.6 Å². The fourth-order valence-electron chi connectivity index (χ4n) is 3.05. The summed E-state index contributed by atoms with van der Waals surface area (Å²) in [6, 6.07) is 9.94. The maximum absolute atomic E-state index is 12.5. The van der Waals surface area contributed by atoms with E-state index in [0.717, 1.165) is 28.3 Å². The highest BCUT2D eigenvalue weighted by atomic mass is 16.5. The molecule has 7 heteroatoms. The second kappa shape index (κ2) is 8.64. The Kier molecular flexibility index (Phi) is 6.03. The molecule has 2 aromatic heterocycles. The minimum atomic E-state index is -0.0340. The van der Waals surface area contributed by atoms with Gasteiger partial charge in [-0.25, -0.2) is 9.67 Å². The maximum atomic E-state index is 12.5. The van der Waals surface area contributed by atoms with Crippen LogP contribution in [0.4, 0.5) is 0 Å². The monoisotopic (exact) mass is 367 g/mol. The van der Waals surface area contributed by atoms with Crippen molar-refractivity contribution in [1.82, 2.24) is 24.6 Å². The Hall–Kier alpha value is -2.93. The van der Waals surface area contributed by atoms with Crippen LogP contribution in [-0.4, -0.2) is 39.0 Å². The number of amides is 1. The summed E-state index contributed by atoms with van der Waals surface area (Å²) in [6.07, 6.45) is 3.81. The Morgan fingerprint density at radius 3 is 2.74 bits per heavy atom. The molecule has 0 unspecified atom stereocenters. The van der Waals surface area contributed by atoms with Crippen molar-refractivity contribution in [3.05, 3.63) is 65.5 Å². The Bertz CT molecular complexity index is 898. The zero-order valence-electron chi connectivity index (χ0n) is 16.0. The van der Waals surface area contributed by atoms with E-state index in [0.29, 0.717) is 26.1 Å². The second-order valence-electron chi connectivity index (χ2n) is 6.42. The predicted molar refractivity (Wildman–Crippen MR) is 103 cm³/mol. The molecule has 1 N–H and O–H groups in total. The van der Waals surface area contributed by atoms with Gasteiger partial charge in [-0.2, -0.15) is 5.10 Å². The first-order valence-corrected chi connectivity index (χ1v) is 8.95. The molecule has 0 aliphatic heterocycles. The number of methoxy groups -OCH3 is 1. The van der Waals surface area contributed by atoms with Gasteiger partial charge >= 0.3 is 0 Å². The van der Waals surface area contributed by atoms with Crippen LogP contribution in [0.3, 0.4) is 0 Å². The smallest absolute Gasteiger partial charge is 0.224 e. The lowest BCUT2D eigenvalue weighted by Gasteiger charge is -2.09. The zero-order valence-corrected chi connectivity index (χ0v) is 16.0. The number of imidazole rings is 1. The first kappa shape index (κ1) is 18.8. The first-order chi connectivity index (χ1) is 13.1. The number of ether oxygens (including phenoxy) is 1. The average Bonchev–Trinajstić information content (AvgIpc) is 3.24. The number of carbonyl (C=O) groups excluding carboxylic acids is 1. The van der Waals surface area contributed by atoms with Crippen molar-refractivity contribution in [2.24, 2.45) is 0 Å². The quantitative estimate of drug-likeness (QED) is 0.662. The third-order valence-corrected chi connectivity index (χ3v) is 4.58. The Morgan fingerprint density at radius 2 is 2.00 bits per heavy atom. The van der Waals surface area contributed by atoms with E-state index in [4.69, 9.17) is 4.74 Å². The summed E-state index contributed by atoms with van der Waals surface area (Å²) in [4.78, 5) is 16.6. The van der Waals surface area contributed by atoms with Gasteiger partial charge in [0, 0.05) is 31.1 Å². The Labute approximate surface area is 159 Å². The van der Waals surface area contributed by atoms with Crippen molar-refractivity contribution in [2.45, 2.75) is 33.4 Å². The minimum Gasteiger partial charge on any atom is -0.383 e. The van der Waals surface area contributed by atoms with Crippen LogP contribution < -0.4 is 5.32 Å². The standard InChI is InChI=1S/C20H25N5O2/c1-15-19(16(2)25(23-15)17-7-5-4-6-8-17)11-20(26)22-13-18-12-21-14-24(18)9-10-27-3/h4-8,12,14H,9-11,13H2,1-3H3,(H,22,26). The highest BCUT2D eigenvalue weighted by molar-refractivity contribution is 5.79. The molecule has 1 amide bonds. The van der Waals surface area contributed by atoms with Crippen LogP contribution in [0.15, 0.2) is 42.9 Å². The number of rotatable bonds is 8. The van der Waals surface area contributed by atoms with Gasteiger partial charge in [0.05, 0.1) is 43.0 Å². The molecular formula is C20H25N5O2. The molecule has 0 bridgehead atoms. The molecule has 2 heterocycles. The molecule has 27 heavy (non-hydrogen) atoms. The second-order valence-corrected chi connectivity index (χ2v) is 6.42.